The van der Waals surface area contributed by atoms with E-state index in [1.807, 2.05) is 0 Å². The minimum absolute atomic E-state index is 0.0902. The quantitative estimate of drug-likeness (QED) is 0.584. The van der Waals surface area contributed by atoms with Gasteiger partial charge in [-0.1, -0.05) is 17.7 Å². The topological polar surface area (TPSA) is 41.6 Å². The van der Waals surface area contributed by atoms with Crippen LogP contribution in [0.4, 0.5) is 10.1 Å². The maximum Gasteiger partial charge on any atom is 0.193 e. The second-order valence-electron chi connectivity index (χ2n) is 6.51. The Hall–Kier alpha value is -2.21. The van der Waals surface area contributed by atoms with Gasteiger partial charge in [0, 0.05) is 42.1 Å². The van der Waals surface area contributed by atoms with Crippen molar-refractivity contribution < 1.29 is 13.9 Å². The van der Waals surface area contributed by atoms with Crippen molar-refractivity contribution in [3.05, 3.63) is 76.2 Å². The Labute approximate surface area is 163 Å². The van der Waals surface area contributed by atoms with Gasteiger partial charge in [0.05, 0.1) is 18.8 Å². The van der Waals surface area contributed by atoms with Gasteiger partial charge >= 0.3 is 0 Å². The molecule has 1 N–H and O–H groups in total. The summed E-state index contributed by atoms with van der Waals surface area (Å²) >= 11 is 5.86. The van der Waals surface area contributed by atoms with Crippen LogP contribution in [0.3, 0.4) is 0 Å². The molecule has 6 heteroatoms. The summed E-state index contributed by atoms with van der Waals surface area (Å²) in [4.78, 5) is 14.9. The lowest BCUT2D eigenvalue weighted by molar-refractivity contribution is 0.0341. The van der Waals surface area contributed by atoms with Crippen molar-refractivity contribution in [3.63, 3.8) is 0 Å². The van der Waals surface area contributed by atoms with E-state index in [-0.39, 0.29) is 11.3 Å². The maximum atomic E-state index is 14.2. The number of benzene rings is 2. The van der Waals surface area contributed by atoms with Gasteiger partial charge in [0.25, 0.3) is 0 Å². The van der Waals surface area contributed by atoms with E-state index in [1.165, 1.54) is 6.07 Å². The zero-order valence-electron chi connectivity index (χ0n) is 15.2. The van der Waals surface area contributed by atoms with Crippen molar-refractivity contribution >= 4 is 23.1 Å². The third kappa shape index (κ3) is 5.39. The molecule has 0 unspecified atom stereocenters. The van der Waals surface area contributed by atoms with E-state index in [9.17, 15) is 9.18 Å². The number of ketones is 1. The van der Waals surface area contributed by atoms with Crippen LogP contribution in [0.2, 0.25) is 5.02 Å². The fraction of sp³-hybridized carbons (Fsp3) is 0.286. The van der Waals surface area contributed by atoms with E-state index in [4.69, 9.17) is 16.3 Å². The average molecular weight is 389 g/mol. The van der Waals surface area contributed by atoms with E-state index in [0.717, 1.165) is 24.3 Å². The fourth-order valence-corrected chi connectivity index (χ4v) is 3.00. The molecular weight excluding hydrogens is 367 g/mol. The van der Waals surface area contributed by atoms with Crippen molar-refractivity contribution in [2.75, 3.05) is 31.6 Å². The lowest BCUT2D eigenvalue weighted by atomic mass is 10.0. The summed E-state index contributed by atoms with van der Waals surface area (Å²) in [5.74, 6) is -0.845. The molecule has 4 nitrogen and oxygen atoms in total. The molecule has 0 spiro atoms. The molecule has 2 aromatic carbocycles. The number of Topliss-reactive ketones (excluding diaryl/α,β-unsaturated/α-hetero) is 1. The summed E-state index contributed by atoms with van der Waals surface area (Å²) in [6, 6.07) is 11.9. The summed E-state index contributed by atoms with van der Waals surface area (Å²) in [5, 5.41) is 3.67. The van der Waals surface area contributed by atoms with Crippen LogP contribution in [-0.4, -0.2) is 37.0 Å². The van der Waals surface area contributed by atoms with Crippen LogP contribution in [0.5, 0.6) is 0 Å². The van der Waals surface area contributed by atoms with Crippen LogP contribution in [0.15, 0.2) is 54.2 Å². The third-order valence-electron chi connectivity index (χ3n) is 4.44. The maximum absolute atomic E-state index is 14.2. The Bertz CT molecular complexity index is 831. The van der Waals surface area contributed by atoms with Crippen molar-refractivity contribution in [3.8, 4) is 0 Å². The first-order valence-corrected chi connectivity index (χ1v) is 9.23. The normalized spacial score (nSPS) is 15.6. The zero-order chi connectivity index (χ0) is 19.2. The molecule has 1 heterocycles. The Balaban J connectivity index is 1.71. The predicted molar refractivity (Wildman–Crippen MR) is 106 cm³/mol. The van der Waals surface area contributed by atoms with Gasteiger partial charge in [-0.15, -0.1) is 0 Å². The van der Waals surface area contributed by atoms with Crippen molar-refractivity contribution in [1.29, 1.82) is 0 Å². The molecule has 0 bridgehead atoms. The van der Waals surface area contributed by atoms with Gasteiger partial charge in [-0.2, -0.15) is 0 Å². The van der Waals surface area contributed by atoms with E-state index in [1.54, 1.807) is 49.5 Å². The van der Waals surface area contributed by atoms with Crippen LogP contribution in [-0.2, 0) is 11.3 Å². The lowest BCUT2D eigenvalue weighted by Crippen LogP contribution is -2.35. The van der Waals surface area contributed by atoms with Crippen molar-refractivity contribution in [2.24, 2.45) is 0 Å². The Morgan fingerprint density at radius 2 is 1.93 bits per heavy atom. The highest BCUT2D eigenvalue weighted by Crippen LogP contribution is 2.18. The summed E-state index contributed by atoms with van der Waals surface area (Å²) in [7, 11) is 0. The smallest absolute Gasteiger partial charge is 0.193 e. The largest absolute Gasteiger partial charge is 0.379 e. The number of hydrogen-bond acceptors (Lipinski definition) is 4. The van der Waals surface area contributed by atoms with Gasteiger partial charge in [-0.25, -0.2) is 4.39 Å². The summed E-state index contributed by atoms with van der Waals surface area (Å²) in [6.07, 6.45) is 1.58. The molecule has 0 saturated carbocycles. The summed E-state index contributed by atoms with van der Waals surface area (Å²) < 4.78 is 19.6. The fourth-order valence-electron chi connectivity index (χ4n) is 2.88. The Morgan fingerprint density at radius 3 is 2.63 bits per heavy atom. The number of anilines is 1. The molecule has 142 valence electrons. The van der Waals surface area contributed by atoms with Crippen LogP contribution in [0.1, 0.15) is 22.8 Å². The first kappa shape index (κ1) is 19.5. The number of hydrogen-bond donors (Lipinski definition) is 1. The lowest BCUT2D eigenvalue weighted by Gasteiger charge is -2.26. The standard InChI is InChI=1S/C21H22ClFN2O2/c1-15(13-24-18-5-3-17(22)4-6-18)21(26)19-12-16(2-7-20(19)23)14-25-8-10-27-11-9-25/h2-7,12-13,24H,8-11,14H2,1H3. The van der Waals surface area contributed by atoms with Crippen LogP contribution in [0.25, 0.3) is 0 Å². The van der Waals surface area contributed by atoms with E-state index >= 15 is 0 Å². The third-order valence-corrected chi connectivity index (χ3v) is 4.69. The van der Waals surface area contributed by atoms with Gasteiger partial charge in [0.2, 0.25) is 0 Å². The number of carbonyl (C=O) groups is 1. The zero-order valence-corrected chi connectivity index (χ0v) is 15.9. The molecule has 27 heavy (non-hydrogen) atoms. The van der Waals surface area contributed by atoms with Gasteiger partial charge in [-0.3, -0.25) is 9.69 Å². The highest BCUT2D eigenvalue weighted by Gasteiger charge is 2.16. The Morgan fingerprint density at radius 1 is 1.22 bits per heavy atom. The second kappa shape index (κ2) is 9.13. The molecule has 1 saturated heterocycles. The van der Waals surface area contributed by atoms with Gasteiger partial charge in [0.1, 0.15) is 5.82 Å². The highest BCUT2D eigenvalue weighted by molar-refractivity contribution is 6.30. The van der Waals surface area contributed by atoms with Gasteiger partial charge < -0.3 is 10.1 Å². The SMILES string of the molecule is CC(=CNc1ccc(Cl)cc1)C(=O)c1cc(CN2CCOCC2)ccc1F. The number of nitrogens with one attached hydrogen (secondary N) is 1. The molecule has 3 rings (SSSR count). The first-order valence-electron chi connectivity index (χ1n) is 8.85. The minimum atomic E-state index is -0.509. The van der Waals surface area contributed by atoms with E-state index < -0.39 is 5.82 Å². The van der Waals surface area contributed by atoms with Crippen LogP contribution < -0.4 is 5.32 Å². The van der Waals surface area contributed by atoms with Gasteiger partial charge in [0.15, 0.2) is 5.78 Å². The number of halogens is 2. The Kier molecular flexibility index (Phi) is 6.61. The first-order chi connectivity index (χ1) is 13.0. The molecular formula is C21H22ClFN2O2. The number of nitrogens with zero attached hydrogens (tertiary/aromatic N) is 1. The van der Waals surface area contributed by atoms with Gasteiger partial charge in [-0.05, 0) is 48.9 Å². The number of ether oxygens (including phenoxy) is 1. The summed E-state index contributed by atoms with van der Waals surface area (Å²) in [6.45, 7) is 5.42. The highest BCUT2D eigenvalue weighted by atomic mass is 35.5. The van der Waals surface area contributed by atoms with Crippen LogP contribution >= 0.6 is 11.6 Å². The van der Waals surface area contributed by atoms with Crippen LogP contribution in [0, 0.1) is 5.82 Å². The average Bonchev–Trinajstić information content (AvgIpc) is 2.69. The number of carbonyl (C=O) groups excluding carboxylic acids is 1. The van der Waals surface area contributed by atoms with Crippen molar-refractivity contribution in [1.82, 2.24) is 4.90 Å². The number of allylic oxidation sites excluding steroid dienone is 1. The molecule has 0 radical (unpaired) electrons. The molecule has 0 aliphatic carbocycles. The molecule has 0 aromatic heterocycles. The molecule has 0 amide bonds. The minimum Gasteiger partial charge on any atom is -0.379 e. The second-order valence-corrected chi connectivity index (χ2v) is 6.95. The molecule has 2 aromatic rings. The van der Waals surface area contributed by atoms with E-state index in [2.05, 4.69) is 10.2 Å². The predicted octanol–water partition coefficient (Wildman–Crippen LogP) is 4.51. The number of morpholine rings is 1. The van der Waals surface area contributed by atoms with E-state index in [0.29, 0.717) is 30.4 Å². The summed E-state index contributed by atoms with van der Waals surface area (Å²) in [5.41, 5.74) is 2.23. The monoisotopic (exact) mass is 388 g/mol. The molecule has 0 atom stereocenters. The molecule has 1 aliphatic heterocycles. The number of rotatable bonds is 6. The van der Waals surface area contributed by atoms with Crippen molar-refractivity contribution in [2.45, 2.75) is 13.5 Å². The molecule has 1 fully saturated rings. The molecule has 1 aliphatic rings.